The van der Waals surface area contributed by atoms with Crippen molar-refractivity contribution in [3.63, 3.8) is 0 Å². The maximum Gasteiger partial charge on any atom is 0.472 e. The van der Waals surface area contributed by atoms with E-state index in [4.69, 9.17) is 37.0 Å². The molecule has 0 fully saturated rings. The molecule has 0 rings (SSSR count). The molecule has 0 bridgehead atoms. The molecular weight excluding hydrogens is 1200 g/mol. The van der Waals surface area contributed by atoms with Gasteiger partial charge < -0.3 is 33.8 Å². The highest BCUT2D eigenvalue weighted by molar-refractivity contribution is 7.47. The van der Waals surface area contributed by atoms with Crippen molar-refractivity contribution in [1.82, 2.24) is 0 Å². The van der Waals surface area contributed by atoms with Gasteiger partial charge in [0.1, 0.15) is 19.3 Å². The highest BCUT2D eigenvalue weighted by Gasteiger charge is 2.30. The molecule has 0 saturated carbocycles. The van der Waals surface area contributed by atoms with Crippen molar-refractivity contribution in [2.75, 3.05) is 39.6 Å². The van der Waals surface area contributed by atoms with Gasteiger partial charge in [0.2, 0.25) is 0 Å². The highest BCUT2D eigenvalue weighted by Crippen LogP contribution is 2.45. The fraction of sp³-hybridized carbons (Fsp3) is 0.944. The van der Waals surface area contributed by atoms with Crippen LogP contribution in [0.15, 0.2) is 0 Å². The van der Waals surface area contributed by atoms with Crippen LogP contribution in [0.2, 0.25) is 0 Å². The molecular formula is C72H140O17P2. The molecule has 17 nitrogen and oxygen atoms in total. The summed E-state index contributed by atoms with van der Waals surface area (Å²) >= 11 is 0. The zero-order valence-corrected chi connectivity index (χ0v) is 60.9. The van der Waals surface area contributed by atoms with Crippen LogP contribution >= 0.6 is 15.6 Å². The molecule has 0 aliphatic heterocycles. The molecule has 0 spiro atoms. The average Bonchev–Trinajstić information content (AvgIpc) is 3.71. The van der Waals surface area contributed by atoms with Gasteiger partial charge in [-0.3, -0.25) is 37.3 Å². The van der Waals surface area contributed by atoms with Gasteiger partial charge in [-0.15, -0.1) is 0 Å². The lowest BCUT2D eigenvalue weighted by Gasteiger charge is -2.21. The predicted octanol–water partition coefficient (Wildman–Crippen LogP) is 20.8. The second-order valence-electron chi connectivity index (χ2n) is 26.7. The van der Waals surface area contributed by atoms with Crippen LogP contribution < -0.4 is 0 Å². The zero-order valence-electron chi connectivity index (χ0n) is 59.1. The molecule has 0 aromatic heterocycles. The number of hydrogen-bond acceptors (Lipinski definition) is 15. The monoisotopic (exact) mass is 1340 g/mol. The molecule has 0 aliphatic rings. The van der Waals surface area contributed by atoms with Gasteiger partial charge in [0, 0.05) is 25.7 Å². The van der Waals surface area contributed by atoms with E-state index in [1.165, 1.54) is 180 Å². The van der Waals surface area contributed by atoms with Crippen LogP contribution in [0, 0.1) is 11.8 Å². The second kappa shape index (κ2) is 64.1. The van der Waals surface area contributed by atoms with Crippen LogP contribution in [0.4, 0.5) is 0 Å². The first-order chi connectivity index (χ1) is 43.9. The summed E-state index contributed by atoms with van der Waals surface area (Å²) in [5, 5.41) is 10.6. The van der Waals surface area contributed by atoms with E-state index in [1.54, 1.807) is 0 Å². The van der Waals surface area contributed by atoms with Crippen molar-refractivity contribution < 1.29 is 80.2 Å². The number of unbranched alkanes of at least 4 members (excludes halogenated alkanes) is 40. The number of carbonyl (C=O) groups is 4. The SMILES string of the molecule is CCCCCCCCCCCCCCCCCCCCC(=O)O[C@H](COC(=O)CCCCCCCCCCCCCCCC)COP(=O)(O)OC[C@@H](O)COP(=O)(O)OC[C@@H](COC(=O)CCCCCCCCC(C)C)OC(=O)CCCCCCCCC(C)CC. The molecule has 540 valence electrons. The highest BCUT2D eigenvalue weighted by atomic mass is 31.2. The largest absolute Gasteiger partial charge is 0.472 e. The van der Waals surface area contributed by atoms with E-state index in [2.05, 4.69) is 41.5 Å². The van der Waals surface area contributed by atoms with Crippen LogP contribution in [0.5, 0.6) is 0 Å². The number of phosphoric acid groups is 2. The molecule has 0 aliphatic carbocycles. The van der Waals surface area contributed by atoms with Crippen molar-refractivity contribution >= 4 is 39.5 Å². The van der Waals surface area contributed by atoms with Crippen LogP contribution in [-0.4, -0.2) is 96.7 Å². The number of aliphatic hydroxyl groups excluding tert-OH is 1. The van der Waals surface area contributed by atoms with Gasteiger partial charge in [-0.25, -0.2) is 9.13 Å². The Kier molecular flexibility index (Phi) is 62.7. The fourth-order valence-corrected chi connectivity index (χ4v) is 12.5. The summed E-state index contributed by atoms with van der Waals surface area (Å²) < 4.78 is 68.3. The van der Waals surface area contributed by atoms with Crippen LogP contribution in [0.25, 0.3) is 0 Å². The van der Waals surface area contributed by atoms with Crippen molar-refractivity contribution in [3.8, 4) is 0 Å². The predicted molar refractivity (Wildman–Crippen MR) is 368 cm³/mol. The Hall–Kier alpha value is -1.94. The summed E-state index contributed by atoms with van der Waals surface area (Å²) in [5.74, 6) is -0.726. The third-order valence-electron chi connectivity index (χ3n) is 17.1. The third kappa shape index (κ3) is 65.1. The number of aliphatic hydroxyl groups is 1. The first kappa shape index (κ1) is 89.1. The minimum atomic E-state index is -4.95. The third-order valence-corrected chi connectivity index (χ3v) is 19.0. The molecule has 0 saturated heterocycles. The van der Waals surface area contributed by atoms with Crippen LogP contribution in [0.1, 0.15) is 369 Å². The second-order valence-corrected chi connectivity index (χ2v) is 29.6. The molecule has 0 amide bonds. The number of rotatable bonds is 71. The van der Waals surface area contributed by atoms with Crippen molar-refractivity contribution in [3.05, 3.63) is 0 Å². The average molecular weight is 1340 g/mol. The van der Waals surface area contributed by atoms with Crippen LogP contribution in [-0.2, 0) is 65.4 Å². The number of phosphoric ester groups is 2. The Balaban J connectivity index is 5.22. The quantitative estimate of drug-likeness (QED) is 0.0222. The summed E-state index contributed by atoms with van der Waals surface area (Å²) in [6.45, 7) is 9.43. The van der Waals surface area contributed by atoms with Gasteiger partial charge in [-0.1, -0.05) is 318 Å². The van der Waals surface area contributed by atoms with Crippen molar-refractivity contribution in [2.24, 2.45) is 11.8 Å². The van der Waals surface area contributed by atoms with E-state index in [-0.39, 0.29) is 25.7 Å². The van der Waals surface area contributed by atoms with Crippen molar-refractivity contribution in [2.45, 2.75) is 387 Å². The maximum absolute atomic E-state index is 13.0. The van der Waals surface area contributed by atoms with Crippen LogP contribution in [0.3, 0.4) is 0 Å². The van der Waals surface area contributed by atoms with E-state index in [0.717, 1.165) is 102 Å². The number of ether oxygens (including phenoxy) is 4. The first-order valence-electron chi connectivity index (χ1n) is 37.5. The van der Waals surface area contributed by atoms with Gasteiger partial charge in [-0.05, 0) is 37.5 Å². The molecule has 91 heavy (non-hydrogen) atoms. The lowest BCUT2D eigenvalue weighted by Crippen LogP contribution is -2.30. The minimum Gasteiger partial charge on any atom is -0.462 e. The topological polar surface area (TPSA) is 237 Å². The molecule has 0 aromatic rings. The minimum absolute atomic E-state index is 0.102. The molecule has 0 aromatic carbocycles. The number of hydrogen-bond donors (Lipinski definition) is 3. The molecule has 19 heteroatoms. The van der Waals surface area contributed by atoms with E-state index in [1.807, 2.05) is 0 Å². The Morgan fingerprint density at radius 1 is 0.319 bits per heavy atom. The van der Waals surface area contributed by atoms with E-state index in [9.17, 15) is 43.2 Å². The molecule has 3 N–H and O–H groups in total. The van der Waals surface area contributed by atoms with Crippen molar-refractivity contribution in [1.29, 1.82) is 0 Å². The molecule has 0 radical (unpaired) electrons. The Labute approximate surface area is 556 Å². The van der Waals surface area contributed by atoms with Gasteiger partial charge in [0.05, 0.1) is 26.4 Å². The summed E-state index contributed by atoms with van der Waals surface area (Å²) in [6, 6.07) is 0. The standard InChI is InChI=1S/C72H140O17P2/c1-7-10-12-14-16-18-20-22-24-25-26-27-29-31-33-35-44-50-56-71(76)88-67(60-82-69(74)54-48-42-34-32-30-28-23-21-19-17-15-13-11-8-2)62-86-90(78,79)84-58-66(73)59-85-91(80,81)87-63-68(61-83-70(75)55-49-43-38-36-40-46-52-64(4)5)89-72(77)57-51-45-39-37-41-47-53-65(6)9-3/h64-68,73H,7-63H2,1-6H3,(H,78,79)(H,80,81)/t65?,66-,67-,68-/m1/s1. The number of carbonyl (C=O) groups excluding carboxylic acids is 4. The summed E-state index contributed by atoms with van der Waals surface area (Å²) in [6.07, 6.45) is 50.2. The summed E-state index contributed by atoms with van der Waals surface area (Å²) in [5.41, 5.74) is 0. The Morgan fingerprint density at radius 2 is 0.560 bits per heavy atom. The smallest absolute Gasteiger partial charge is 0.462 e. The van der Waals surface area contributed by atoms with Gasteiger partial charge in [-0.2, -0.15) is 0 Å². The summed E-state index contributed by atoms with van der Waals surface area (Å²) in [4.78, 5) is 72.6. The normalized spacial score (nSPS) is 14.4. The molecule has 0 heterocycles. The molecule has 3 unspecified atom stereocenters. The van der Waals surface area contributed by atoms with E-state index < -0.39 is 97.5 Å². The van der Waals surface area contributed by atoms with Gasteiger partial charge in [0.25, 0.3) is 0 Å². The zero-order chi connectivity index (χ0) is 67.2. The van der Waals surface area contributed by atoms with Gasteiger partial charge in [0.15, 0.2) is 12.2 Å². The summed E-state index contributed by atoms with van der Waals surface area (Å²) in [7, 11) is -9.90. The van der Waals surface area contributed by atoms with Gasteiger partial charge >= 0.3 is 39.5 Å². The number of esters is 4. The molecule has 6 atom stereocenters. The first-order valence-corrected chi connectivity index (χ1v) is 40.5. The lowest BCUT2D eigenvalue weighted by molar-refractivity contribution is -0.161. The van der Waals surface area contributed by atoms with E-state index >= 15 is 0 Å². The maximum atomic E-state index is 13.0. The Morgan fingerprint density at radius 3 is 0.835 bits per heavy atom. The fourth-order valence-electron chi connectivity index (χ4n) is 10.9. The Bertz CT molecular complexity index is 1770. The lowest BCUT2D eigenvalue weighted by atomic mass is 10.00. The van der Waals surface area contributed by atoms with E-state index in [0.29, 0.717) is 31.6 Å².